The molecule has 0 bridgehead atoms. The van der Waals surface area contributed by atoms with Gasteiger partial charge in [-0.1, -0.05) is 48.0 Å². The van der Waals surface area contributed by atoms with Gasteiger partial charge in [-0.2, -0.15) is 9.78 Å². The summed E-state index contributed by atoms with van der Waals surface area (Å²) in [7, 11) is 0. The number of hydrogen-bond donors (Lipinski definition) is 1. The second-order valence-corrected chi connectivity index (χ2v) is 9.43. The van der Waals surface area contributed by atoms with Crippen LogP contribution < -0.4 is 15.6 Å². The Balaban J connectivity index is 1.29. The molecule has 1 amide bonds. The number of amides is 1. The van der Waals surface area contributed by atoms with Gasteiger partial charge in [-0.3, -0.25) is 9.59 Å². The summed E-state index contributed by atoms with van der Waals surface area (Å²) in [4.78, 5) is 30.4. The monoisotopic (exact) mass is 566 g/mol. The maximum atomic E-state index is 13.8. The summed E-state index contributed by atoms with van der Waals surface area (Å²) in [5.41, 5.74) is 1.38. The van der Waals surface area contributed by atoms with E-state index >= 15 is 0 Å². The summed E-state index contributed by atoms with van der Waals surface area (Å²) in [5, 5.41) is 8.62. The number of hydrogen-bond acceptors (Lipinski definition) is 6. The second-order valence-electron chi connectivity index (χ2n) is 9.00. The van der Waals surface area contributed by atoms with Crippen LogP contribution in [0.2, 0.25) is 5.02 Å². The van der Waals surface area contributed by atoms with E-state index in [0.717, 1.165) is 5.39 Å². The molecule has 0 aliphatic rings. The molecule has 0 radical (unpaired) electrons. The van der Waals surface area contributed by atoms with E-state index in [4.69, 9.17) is 20.8 Å². The molecule has 1 N–H and O–H groups in total. The van der Waals surface area contributed by atoms with Crippen LogP contribution in [0.5, 0.6) is 5.75 Å². The lowest BCUT2D eigenvalue weighted by molar-refractivity contribution is -0.118. The van der Waals surface area contributed by atoms with Gasteiger partial charge in [0.1, 0.15) is 17.1 Å². The van der Waals surface area contributed by atoms with Crippen LogP contribution in [0.15, 0.2) is 111 Å². The zero-order valence-electron chi connectivity index (χ0n) is 21.3. The van der Waals surface area contributed by atoms with E-state index in [-0.39, 0.29) is 23.7 Å². The predicted molar refractivity (Wildman–Crippen MR) is 156 cm³/mol. The molecular weight excluding hydrogens is 547 g/mol. The number of furan rings is 1. The minimum absolute atomic E-state index is 0.0692. The lowest BCUT2D eigenvalue weighted by Gasteiger charge is -2.09. The van der Waals surface area contributed by atoms with Gasteiger partial charge < -0.3 is 14.5 Å². The maximum Gasteiger partial charge on any atom is 0.282 e. The number of benzene rings is 4. The van der Waals surface area contributed by atoms with Gasteiger partial charge in [0.25, 0.3) is 11.5 Å². The number of fused-ring (bicyclic) bond motifs is 2. The number of ether oxygens (including phenoxy) is 1. The molecule has 8 nitrogen and oxygen atoms in total. The van der Waals surface area contributed by atoms with Crippen molar-refractivity contribution in [2.24, 2.45) is 5.10 Å². The Kier molecular flexibility index (Phi) is 7.01. The number of nitrogens with one attached hydrogen (secondary N) is 1. The number of anilines is 1. The Bertz CT molecular complexity index is 2020. The van der Waals surface area contributed by atoms with Crippen molar-refractivity contribution in [3.05, 3.63) is 124 Å². The van der Waals surface area contributed by atoms with Crippen LogP contribution in [0.1, 0.15) is 5.56 Å². The van der Waals surface area contributed by atoms with Crippen molar-refractivity contribution in [2.75, 3.05) is 11.9 Å². The Morgan fingerprint density at radius 3 is 2.73 bits per heavy atom. The van der Waals surface area contributed by atoms with Gasteiger partial charge in [-0.25, -0.2) is 9.37 Å². The van der Waals surface area contributed by atoms with E-state index in [1.807, 2.05) is 0 Å². The molecule has 0 saturated carbocycles. The van der Waals surface area contributed by atoms with Crippen molar-refractivity contribution >= 4 is 51.3 Å². The lowest BCUT2D eigenvalue weighted by atomic mass is 10.2. The molecule has 0 aliphatic heterocycles. The first-order valence-corrected chi connectivity index (χ1v) is 12.9. The van der Waals surface area contributed by atoms with Crippen molar-refractivity contribution in [3.63, 3.8) is 0 Å². The number of para-hydroxylation sites is 2. The van der Waals surface area contributed by atoms with Crippen LogP contribution in [-0.2, 0) is 4.79 Å². The molecule has 202 valence electrons. The number of aromatic nitrogens is 2. The fraction of sp³-hybridized carbons (Fsp3) is 0.0323. The smallest absolute Gasteiger partial charge is 0.282 e. The summed E-state index contributed by atoms with van der Waals surface area (Å²) in [6.07, 6.45) is 1.48. The van der Waals surface area contributed by atoms with E-state index in [0.29, 0.717) is 38.6 Å². The first kappa shape index (κ1) is 26.0. The zero-order valence-corrected chi connectivity index (χ0v) is 22.0. The molecule has 6 rings (SSSR count). The SMILES string of the molecule is O=C(COc1cccc(C=Nn2c(-c3cc4cc(Cl)ccc4o3)nc3ccccc3c2=O)c1)Nc1ccccc1F. The van der Waals surface area contributed by atoms with Crippen LogP contribution in [0.3, 0.4) is 0 Å². The third-order valence-corrected chi connectivity index (χ3v) is 6.39. The number of carbonyl (C=O) groups is 1. The average Bonchev–Trinajstić information content (AvgIpc) is 3.40. The quantitative estimate of drug-likeness (QED) is 0.222. The molecule has 2 aromatic heterocycles. The Labute approximate surface area is 237 Å². The first-order chi connectivity index (χ1) is 19.9. The minimum Gasteiger partial charge on any atom is -0.484 e. The van der Waals surface area contributed by atoms with Crippen LogP contribution in [0, 0.1) is 5.82 Å². The van der Waals surface area contributed by atoms with E-state index in [1.54, 1.807) is 78.9 Å². The predicted octanol–water partition coefficient (Wildman–Crippen LogP) is 6.50. The molecule has 2 heterocycles. The van der Waals surface area contributed by atoms with Gasteiger partial charge in [-0.05, 0) is 66.2 Å². The molecule has 4 aromatic carbocycles. The standard InChI is InChI=1S/C31H20ClFN4O4/c32-21-12-13-27-20(15-21)16-28(41-27)30-36-25-10-3-1-8-23(25)31(39)37(30)34-17-19-6-5-7-22(14-19)40-18-29(38)35-26-11-4-2-9-24(26)33/h1-17H,18H2,(H,35,38). The first-order valence-electron chi connectivity index (χ1n) is 12.5. The Morgan fingerprint density at radius 2 is 1.85 bits per heavy atom. The molecule has 0 spiro atoms. The molecule has 41 heavy (non-hydrogen) atoms. The van der Waals surface area contributed by atoms with Crippen LogP contribution in [0.4, 0.5) is 10.1 Å². The van der Waals surface area contributed by atoms with Crippen LogP contribution >= 0.6 is 11.6 Å². The minimum atomic E-state index is -0.539. The van der Waals surface area contributed by atoms with Crippen molar-refractivity contribution < 1.29 is 18.3 Å². The molecule has 0 saturated heterocycles. The molecule has 0 fully saturated rings. The number of halogens is 2. The Morgan fingerprint density at radius 1 is 1.02 bits per heavy atom. The number of nitrogens with zero attached hydrogens (tertiary/aromatic N) is 3. The number of rotatable bonds is 7. The molecular formula is C31H20ClFN4O4. The summed E-state index contributed by atoms with van der Waals surface area (Å²) in [5.74, 6) is -0.103. The molecule has 0 atom stereocenters. The fourth-order valence-corrected chi connectivity index (χ4v) is 4.40. The zero-order chi connectivity index (χ0) is 28.3. The second kappa shape index (κ2) is 11.1. The van der Waals surface area contributed by atoms with E-state index in [9.17, 15) is 14.0 Å². The molecule has 10 heteroatoms. The van der Waals surface area contributed by atoms with E-state index in [2.05, 4.69) is 15.4 Å². The van der Waals surface area contributed by atoms with Gasteiger partial charge in [0.15, 0.2) is 12.4 Å². The van der Waals surface area contributed by atoms with E-state index in [1.165, 1.54) is 29.1 Å². The lowest BCUT2D eigenvalue weighted by Crippen LogP contribution is -2.21. The van der Waals surface area contributed by atoms with Gasteiger partial charge in [0, 0.05) is 10.4 Å². The normalized spacial score (nSPS) is 11.4. The highest BCUT2D eigenvalue weighted by atomic mass is 35.5. The molecule has 0 aliphatic carbocycles. The fourth-order valence-electron chi connectivity index (χ4n) is 4.22. The topological polar surface area (TPSA) is 98.7 Å². The van der Waals surface area contributed by atoms with Crippen LogP contribution in [-0.4, -0.2) is 28.4 Å². The highest BCUT2D eigenvalue weighted by molar-refractivity contribution is 6.31. The number of carbonyl (C=O) groups excluding carboxylic acids is 1. The summed E-state index contributed by atoms with van der Waals surface area (Å²) < 4.78 is 26.6. The third kappa shape index (κ3) is 5.57. The largest absolute Gasteiger partial charge is 0.484 e. The van der Waals surface area contributed by atoms with Crippen molar-refractivity contribution in [1.82, 2.24) is 9.66 Å². The van der Waals surface area contributed by atoms with Gasteiger partial charge in [0.05, 0.1) is 22.8 Å². The summed E-state index contributed by atoms with van der Waals surface area (Å²) >= 11 is 6.14. The van der Waals surface area contributed by atoms with Gasteiger partial charge >= 0.3 is 0 Å². The van der Waals surface area contributed by atoms with Crippen LogP contribution in [0.25, 0.3) is 33.5 Å². The highest BCUT2D eigenvalue weighted by Crippen LogP contribution is 2.29. The Hall–Kier alpha value is -5.28. The maximum absolute atomic E-state index is 13.8. The summed E-state index contributed by atoms with van der Waals surface area (Å²) in [6, 6.07) is 26.6. The third-order valence-electron chi connectivity index (χ3n) is 6.15. The van der Waals surface area contributed by atoms with Gasteiger partial charge in [-0.15, -0.1) is 0 Å². The van der Waals surface area contributed by atoms with Crippen molar-refractivity contribution in [3.8, 4) is 17.3 Å². The average molecular weight is 567 g/mol. The van der Waals surface area contributed by atoms with E-state index < -0.39 is 11.7 Å². The summed E-state index contributed by atoms with van der Waals surface area (Å²) in [6.45, 7) is -0.330. The van der Waals surface area contributed by atoms with Gasteiger partial charge in [0.2, 0.25) is 5.82 Å². The van der Waals surface area contributed by atoms with Crippen molar-refractivity contribution in [1.29, 1.82) is 0 Å². The highest BCUT2D eigenvalue weighted by Gasteiger charge is 2.16. The molecule has 6 aromatic rings. The van der Waals surface area contributed by atoms with Crippen molar-refractivity contribution in [2.45, 2.75) is 0 Å². The molecule has 0 unspecified atom stereocenters.